The average Bonchev–Trinajstić information content (AvgIpc) is 2.35. The first-order valence-corrected chi connectivity index (χ1v) is 8.36. The lowest BCUT2D eigenvalue weighted by Gasteiger charge is -2.06. The van der Waals surface area contributed by atoms with E-state index in [0.29, 0.717) is 0 Å². The van der Waals surface area contributed by atoms with Gasteiger partial charge in [0.1, 0.15) is 0 Å². The summed E-state index contributed by atoms with van der Waals surface area (Å²) in [5.74, 6) is 1.04. The van der Waals surface area contributed by atoms with Crippen molar-refractivity contribution in [2.45, 2.75) is 75.9 Å². The van der Waals surface area contributed by atoms with Crippen molar-refractivity contribution in [3.63, 3.8) is 0 Å². The molecule has 0 bridgehead atoms. The van der Waals surface area contributed by atoms with Gasteiger partial charge in [-0.15, -0.1) is 0 Å². The summed E-state index contributed by atoms with van der Waals surface area (Å²) in [6, 6.07) is 0. The van der Waals surface area contributed by atoms with Gasteiger partial charge in [-0.25, -0.2) is 0 Å². The Morgan fingerprint density at radius 3 is 1.53 bits per heavy atom. The number of unbranched alkanes of at least 4 members (excludes halogenated alkanes) is 9. The zero-order valence-electron chi connectivity index (χ0n) is 11.1. The monoisotopic (exact) mass is 278 g/mol. The lowest BCUT2D eigenvalue weighted by Crippen LogP contribution is -2.03. The molecule has 0 spiro atoms. The van der Waals surface area contributed by atoms with Gasteiger partial charge in [-0.3, -0.25) is 0 Å². The molecule has 0 aromatic carbocycles. The molecule has 0 saturated carbocycles. The van der Waals surface area contributed by atoms with Crippen molar-refractivity contribution < 1.29 is 5.11 Å². The highest BCUT2D eigenvalue weighted by atomic mass is 32.1. The minimum Gasteiger partial charge on any atom is -0.395 e. The maximum atomic E-state index is 8.81. The SMILES string of the molecule is OCC(S)CCCCCCCCCCCCS. The van der Waals surface area contributed by atoms with Gasteiger partial charge in [-0.1, -0.05) is 57.8 Å². The highest BCUT2D eigenvalue weighted by Gasteiger charge is 1.99. The summed E-state index contributed by atoms with van der Waals surface area (Å²) in [5, 5.41) is 9.01. The molecule has 17 heavy (non-hydrogen) atoms. The predicted molar refractivity (Wildman–Crippen MR) is 84.5 cm³/mol. The Bertz CT molecular complexity index is 142. The molecular formula is C14H30OS2. The van der Waals surface area contributed by atoms with Crippen LogP contribution in [0.2, 0.25) is 0 Å². The van der Waals surface area contributed by atoms with E-state index in [1.807, 2.05) is 0 Å². The normalized spacial score (nSPS) is 12.9. The molecule has 0 fully saturated rings. The molecule has 1 unspecified atom stereocenters. The Morgan fingerprint density at radius 1 is 0.706 bits per heavy atom. The molecule has 0 amide bonds. The van der Waals surface area contributed by atoms with Gasteiger partial charge in [0, 0.05) is 5.25 Å². The van der Waals surface area contributed by atoms with Gasteiger partial charge in [-0.05, 0) is 18.6 Å². The van der Waals surface area contributed by atoms with Crippen LogP contribution in [0.3, 0.4) is 0 Å². The Morgan fingerprint density at radius 2 is 1.12 bits per heavy atom. The van der Waals surface area contributed by atoms with Gasteiger partial charge in [0.25, 0.3) is 0 Å². The van der Waals surface area contributed by atoms with Crippen LogP contribution in [0.4, 0.5) is 0 Å². The van der Waals surface area contributed by atoms with E-state index in [9.17, 15) is 0 Å². The predicted octanol–water partition coefficient (Wildman–Crippen LogP) is 4.50. The van der Waals surface area contributed by atoms with Crippen LogP contribution in [0.1, 0.15) is 70.6 Å². The third kappa shape index (κ3) is 14.6. The summed E-state index contributed by atoms with van der Waals surface area (Å²) < 4.78 is 0. The van der Waals surface area contributed by atoms with Crippen LogP contribution < -0.4 is 0 Å². The fourth-order valence-corrected chi connectivity index (χ4v) is 2.40. The first kappa shape index (κ1) is 17.7. The molecule has 0 aromatic rings. The molecule has 0 aliphatic carbocycles. The molecule has 0 radical (unpaired) electrons. The number of aliphatic hydroxyl groups is 1. The molecule has 0 rings (SSSR count). The summed E-state index contributed by atoms with van der Waals surface area (Å²) in [6.45, 7) is 0.218. The van der Waals surface area contributed by atoms with Gasteiger partial charge >= 0.3 is 0 Å². The second-order valence-electron chi connectivity index (χ2n) is 4.88. The Hall–Kier alpha value is 0.660. The minimum atomic E-state index is 0.196. The first-order valence-electron chi connectivity index (χ1n) is 7.21. The number of hydrogen-bond donors (Lipinski definition) is 3. The molecule has 3 heteroatoms. The van der Waals surface area contributed by atoms with Crippen LogP contribution in [0.15, 0.2) is 0 Å². The van der Waals surface area contributed by atoms with E-state index in [2.05, 4.69) is 25.3 Å². The van der Waals surface area contributed by atoms with E-state index in [4.69, 9.17) is 5.11 Å². The van der Waals surface area contributed by atoms with Gasteiger partial charge in [0.05, 0.1) is 6.61 Å². The van der Waals surface area contributed by atoms with Gasteiger partial charge < -0.3 is 5.11 Å². The summed E-state index contributed by atoms with van der Waals surface area (Å²) in [4.78, 5) is 0. The van der Waals surface area contributed by atoms with Crippen LogP contribution in [0.5, 0.6) is 0 Å². The summed E-state index contributed by atoms with van der Waals surface area (Å²) in [6.07, 6.45) is 14.5. The quantitative estimate of drug-likeness (QED) is 0.335. The molecule has 0 aromatic heterocycles. The molecule has 0 saturated heterocycles. The molecule has 104 valence electrons. The number of hydrogen-bond acceptors (Lipinski definition) is 3. The van der Waals surface area contributed by atoms with E-state index >= 15 is 0 Å². The summed E-state index contributed by atoms with van der Waals surface area (Å²) in [7, 11) is 0. The van der Waals surface area contributed by atoms with Crippen molar-refractivity contribution in [2.24, 2.45) is 0 Å². The van der Waals surface area contributed by atoms with Crippen molar-refractivity contribution in [3.8, 4) is 0 Å². The van der Waals surface area contributed by atoms with Gasteiger partial charge in [0.2, 0.25) is 0 Å². The third-order valence-corrected chi connectivity index (χ3v) is 3.89. The maximum Gasteiger partial charge on any atom is 0.0547 e. The topological polar surface area (TPSA) is 20.2 Å². The van der Waals surface area contributed by atoms with Crippen molar-refractivity contribution in [1.29, 1.82) is 0 Å². The van der Waals surface area contributed by atoms with Crippen LogP contribution in [-0.2, 0) is 0 Å². The van der Waals surface area contributed by atoms with E-state index in [1.54, 1.807) is 0 Å². The van der Waals surface area contributed by atoms with Crippen LogP contribution in [0, 0.1) is 0 Å². The first-order chi connectivity index (χ1) is 8.31. The van der Waals surface area contributed by atoms with Gasteiger partial charge in [0.15, 0.2) is 0 Å². The molecule has 1 N–H and O–H groups in total. The standard InChI is InChI=1S/C14H30OS2/c15-13-14(17)11-9-7-5-3-1-2-4-6-8-10-12-16/h14-17H,1-13H2. The second-order valence-corrected chi connectivity index (χ2v) is 6.06. The average molecular weight is 279 g/mol. The lowest BCUT2D eigenvalue weighted by atomic mass is 10.1. The summed E-state index contributed by atoms with van der Waals surface area (Å²) in [5.41, 5.74) is 0. The number of thiol groups is 2. The van der Waals surface area contributed by atoms with Crippen molar-refractivity contribution in [1.82, 2.24) is 0 Å². The van der Waals surface area contributed by atoms with Crippen LogP contribution in [-0.4, -0.2) is 22.7 Å². The van der Waals surface area contributed by atoms with E-state index in [1.165, 1.54) is 64.2 Å². The van der Waals surface area contributed by atoms with Crippen LogP contribution >= 0.6 is 25.3 Å². The highest BCUT2D eigenvalue weighted by molar-refractivity contribution is 7.81. The molecular weight excluding hydrogens is 248 g/mol. The van der Waals surface area contributed by atoms with Gasteiger partial charge in [-0.2, -0.15) is 25.3 Å². The molecule has 1 atom stereocenters. The molecule has 0 aliphatic heterocycles. The van der Waals surface area contributed by atoms with E-state index < -0.39 is 0 Å². The van der Waals surface area contributed by atoms with E-state index in [0.717, 1.165) is 12.2 Å². The Labute approximate surface area is 119 Å². The highest BCUT2D eigenvalue weighted by Crippen LogP contribution is 2.13. The largest absolute Gasteiger partial charge is 0.395 e. The zero-order valence-corrected chi connectivity index (χ0v) is 12.9. The second kappa shape index (κ2) is 14.7. The fraction of sp³-hybridized carbons (Fsp3) is 1.00. The molecule has 0 heterocycles. The lowest BCUT2D eigenvalue weighted by molar-refractivity contribution is 0.289. The molecule has 1 nitrogen and oxygen atoms in total. The number of rotatable bonds is 13. The fourth-order valence-electron chi connectivity index (χ4n) is 2.00. The zero-order chi connectivity index (χ0) is 12.8. The Kier molecular flexibility index (Phi) is 15.3. The van der Waals surface area contributed by atoms with E-state index in [-0.39, 0.29) is 11.9 Å². The third-order valence-electron chi connectivity index (χ3n) is 3.16. The van der Waals surface area contributed by atoms with Crippen molar-refractivity contribution in [2.75, 3.05) is 12.4 Å². The Balaban J connectivity index is 2.94. The molecule has 0 aliphatic rings. The minimum absolute atomic E-state index is 0.196. The number of aliphatic hydroxyl groups excluding tert-OH is 1. The van der Waals surface area contributed by atoms with Crippen LogP contribution in [0.25, 0.3) is 0 Å². The summed E-state index contributed by atoms with van der Waals surface area (Å²) >= 11 is 8.49. The smallest absolute Gasteiger partial charge is 0.0547 e. The van der Waals surface area contributed by atoms with Crippen molar-refractivity contribution >= 4 is 25.3 Å². The van der Waals surface area contributed by atoms with Crippen molar-refractivity contribution in [3.05, 3.63) is 0 Å². The maximum absolute atomic E-state index is 8.81.